The van der Waals surface area contributed by atoms with Gasteiger partial charge in [0.2, 0.25) is 5.91 Å². The Hall–Kier alpha value is -2.25. The third kappa shape index (κ3) is 7.11. The Bertz CT molecular complexity index is 684. The van der Waals surface area contributed by atoms with E-state index in [1.165, 1.54) is 25.2 Å². The maximum Gasteiger partial charge on any atom is 0.573 e. The summed E-state index contributed by atoms with van der Waals surface area (Å²) in [6, 6.07) is 5.29. The van der Waals surface area contributed by atoms with Crippen LogP contribution in [0.1, 0.15) is 5.56 Å². The van der Waals surface area contributed by atoms with Gasteiger partial charge in [-0.1, -0.05) is 18.2 Å². The van der Waals surface area contributed by atoms with E-state index < -0.39 is 12.4 Å². The molecular formula is C15H19F3IN5O3. The van der Waals surface area contributed by atoms with E-state index in [2.05, 4.69) is 25.7 Å². The van der Waals surface area contributed by atoms with Crippen molar-refractivity contribution in [1.29, 1.82) is 0 Å². The Morgan fingerprint density at radius 2 is 2.00 bits per heavy atom. The fourth-order valence-electron chi connectivity index (χ4n) is 2.24. The zero-order chi connectivity index (χ0) is 19.2. The summed E-state index contributed by atoms with van der Waals surface area (Å²) in [5.41, 5.74) is 0.293. The first kappa shape index (κ1) is 22.8. The van der Waals surface area contributed by atoms with Crippen molar-refractivity contribution in [2.75, 3.05) is 26.7 Å². The second-order valence-electron chi connectivity index (χ2n) is 5.21. The number of nitrogens with zero attached hydrogens (tertiary/aromatic N) is 2. The van der Waals surface area contributed by atoms with Crippen LogP contribution in [0.2, 0.25) is 0 Å². The number of carbonyl (C=O) groups excluding carboxylic acids is 2. The fourth-order valence-corrected chi connectivity index (χ4v) is 2.24. The zero-order valence-electron chi connectivity index (χ0n) is 14.3. The average Bonchev–Trinajstić information content (AvgIpc) is 2.89. The lowest BCUT2D eigenvalue weighted by Gasteiger charge is -2.17. The summed E-state index contributed by atoms with van der Waals surface area (Å²) < 4.78 is 41.2. The van der Waals surface area contributed by atoms with Gasteiger partial charge in [0.05, 0.1) is 6.54 Å². The number of benzene rings is 1. The molecule has 12 heteroatoms. The molecule has 0 bridgehead atoms. The van der Waals surface area contributed by atoms with Gasteiger partial charge in [0, 0.05) is 32.2 Å². The maximum atomic E-state index is 12.4. The number of hydrogen-bond acceptors (Lipinski definition) is 4. The van der Waals surface area contributed by atoms with Crippen molar-refractivity contribution in [3.63, 3.8) is 0 Å². The topological polar surface area (TPSA) is 95.1 Å². The van der Waals surface area contributed by atoms with Crippen LogP contribution in [0.3, 0.4) is 0 Å². The first-order chi connectivity index (χ1) is 12.3. The molecule has 1 fully saturated rings. The molecular weight excluding hydrogens is 482 g/mol. The number of nitrogens with one attached hydrogen (secondary N) is 3. The highest BCUT2D eigenvalue weighted by atomic mass is 127. The lowest BCUT2D eigenvalue weighted by molar-refractivity contribution is -0.274. The van der Waals surface area contributed by atoms with Crippen LogP contribution in [0.15, 0.2) is 29.3 Å². The Balaban J connectivity index is 0.00000364. The number of aliphatic imine (C=N–C) groups is 1. The van der Waals surface area contributed by atoms with Crippen LogP contribution in [0.4, 0.5) is 18.0 Å². The van der Waals surface area contributed by atoms with Gasteiger partial charge in [-0.2, -0.15) is 0 Å². The third-order valence-electron chi connectivity index (χ3n) is 3.43. The zero-order valence-corrected chi connectivity index (χ0v) is 16.6. The number of hydrogen-bond donors (Lipinski definition) is 3. The van der Waals surface area contributed by atoms with Gasteiger partial charge < -0.3 is 20.7 Å². The van der Waals surface area contributed by atoms with E-state index in [1.54, 1.807) is 6.07 Å². The van der Waals surface area contributed by atoms with E-state index in [1.807, 2.05) is 0 Å². The number of carbonyl (C=O) groups is 2. The molecule has 3 amide bonds. The number of rotatable bonds is 6. The second-order valence-corrected chi connectivity index (χ2v) is 5.21. The SMILES string of the molecule is CN=C(NCCN1C(=O)CNC1=O)NCc1ccccc1OC(F)(F)F.I. The second kappa shape index (κ2) is 10.2. The van der Waals surface area contributed by atoms with Crippen LogP contribution in [-0.2, 0) is 11.3 Å². The van der Waals surface area contributed by atoms with E-state index in [4.69, 9.17) is 0 Å². The fraction of sp³-hybridized carbons (Fsp3) is 0.400. The van der Waals surface area contributed by atoms with Gasteiger partial charge in [-0.3, -0.25) is 14.7 Å². The molecule has 3 N–H and O–H groups in total. The van der Waals surface area contributed by atoms with Gasteiger partial charge in [0.1, 0.15) is 5.75 Å². The highest BCUT2D eigenvalue weighted by Crippen LogP contribution is 2.25. The minimum atomic E-state index is -4.78. The van der Waals surface area contributed by atoms with Gasteiger partial charge >= 0.3 is 12.4 Å². The van der Waals surface area contributed by atoms with E-state index in [9.17, 15) is 22.8 Å². The average molecular weight is 501 g/mol. The standard InChI is InChI=1S/C15H18F3N5O3.HI/c1-19-13(20-6-7-23-12(24)9-22-14(23)25)21-8-10-4-2-3-5-11(10)26-15(16,17)18;/h2-5H,6-9H2,1H3,(H,22,25)(H2,19,20,21);1H. The molecule has 1 aromatic rings. The minimum Gasteiger partial charge on any atom is -0.405 e. The van der Waals surface area contributed by atoms with Crippen molar-refractivity contribution >= 4 is 41.9 Å². The van der Waals surface area contributed by atoms with Crippen molar-refractivity contribution in [2.24, 2.45) is 4.99 Å². The molecule has 1 aromatic carbocycles. The molecule has 0 spiro atoms. The molecule has 2 rings (SSSR count). The number of para-hydroxylation sites is 1. The van der Waals surface area contributed by atoms with Crippen LogP contribution in [0, 0.1) is 0 Å². The summed E-state index contributed by atoms with van der Waals surface area (Å²) in [7, 11) is 1.49. The summed E-state index contributed by atoms with van der Waals surface area (Å²) in [5, 5.41) is 8.13. The van der Waals surface area contributed by atoms with E-state index in [0.29, 0.717) is 11.5 Å². The monoisotopic (exact) mass is 501 g/mol. The molecule has 0 saturated carbocycles. The third-order valence-corrected chi connectivity index (χ3v) is 3.43. The Morgan fingerprint density at radius 1 is 1.30 bits per heavy atom. The molecule has 1 heterocycles. The van der Waals surface area contributed by atoms with E-state index >= 15 is 0 Å². The molecule has 0 radical (unpaired) electrons. The minimum absolute atomic E-state index is 0. The predicted octanol–water partition coefficient (Wildman–Crippen LogP) is 1.42. The molecule has 8 nitrogen and oxygen atoms in total. The number of halogens is 4. The van der Waals surface area contributed by atoms with Gasteiger partial charge in [-0.15, -0.1) is 37.1 Å². The lowest BCUT2D eigenvalue weighted by Crippen LogP contribution is -2.43. The predicted molar refractivity (Wildman–Crippen MR) is 102 cm³/mol. The van der Waals surface area contributed by atoms with E-state index in [-0.39, 0.29) is 61.8 Å². The first-order valence-electron chi connectivity index (χ1n) is 7.66. The highest BCUT2D eigenvalue weighted by Gasteiger charge is 2.32. The molecule has 150 valence electrons. The van der Waals surface area contributed by atoms with E-state index in [0.717, 1.165) is 4.90 Å². The van der Waals surface area contributed by atoms with Crippen LogP contribution in [0.5, 0.6) is 5.75 Å². The molecule has 0 aliphatic carbocycles. The van der Waals surface area contributed by atoms with Crippen LogP contribution >= 0.6 is 24.0 Å². The summed E-state index contributed by atoms with van der Waals surface area (Å²) in [6.45, 7) is 0.384. The number of guanidine groups is 1. The molecule has 1 saturated heterocycles. The van der Waals surface area contributed by atoms with Gasteiger partial charge in [-0.05, 0) is 6.07 Å². The number of imide groups is 1. The summed E-state index contributed by atoms with van der Waals surface area (Å²) in [5.74, 6) is -0.320. The lowest BCUT2D eigenvalue weighted by atomic mass is 10.2. The van der Waals surface area contributed by atoms with Crippen molar-refractivity contribution in [2.45, 2.75) is 12.9 Å². The summed E-state index contributed by atoms with van der Waals surface area (Å²) in [4.78, 5) is 27.9. The normalized spacial score (nSPS) is 14.5. The first-order valence-corrected chi connectivity index (χ1v) is 7.66. The molecule has 1 aliphatic heterocycles. The maximum absolute atomic E-state index is 12.4. The Morgan fingerprint density at radius 3 is 2.59 bits per heavy atom. The van der Waals surface area contributed by atoms with Crippen molar-refractivity contribution in [3.05, 3.63) is 29.8 Å². The molecule has 1 aliphatic rings. The summed E-state index contributed by atoms with van der Waals surface area (Å²) in [6.07, 6.45) is -4.78. The van der Waals surface area contributed by atoms with Crippen molar-refractivity contribution in [3.8, 4) is 5.75 Å². The van der Waals surface area contributed by atoms with Crippen molar-refractivity contribution < 1.29 is 27.5 Å². The number of amides is 3. The Labute approximate surface area is 170 Å². The molecule has 0 aromatic heterocycles. The molecule has 0 atom stereocenters. The molecule has 0 unspecified atom stereocenters. The Kier molecular flexibility index (Phi) is 8.59. The number of alkyl halides is 3. The number of ether oxygens (including phenoxy) is 1. The van der Waals surface area contributed by atoms with Gasteiger partial charge in [0.15, 0.2) is 5.96 Å². The van der Waals surface area contributed by atoms with Crippen LogP contribution < -0.4 is 20.7 Å². The van der Waals surface area contributed by atoms with Gasteiger partial charge in [-0.25, -0.2) is 4.79 Å². The number of urea groups is 1. The van der Waals surface area contributed by atoms with Crippen LogP contribution in [0.25, 0.3) is 0 Å². The van der Waals surface area contributed by atoms with Gasteiger partial charge in [0.25, 0.3) is 0 Å². The molecule has 27 heavy (non-hydrogen) atoms. The largest absolute Gasteiger partial charge is 0.573 e. The highest BCUT2D eigenvalue weighted by molar-refractivity contribution is 14.0. The summed E-state index contributed by atoms with van der Waals surface area (Å²) >= 11 is 0. The smallest absolute Gasteiger partial charge is 0.405 e. The van der Waals surface area contributed by atoms with Crippen molar-refractivity contribution in [1.82, 2.24) is 20.9 Å². The quantitative estimate of drug-likeness (QED) is 0.237. The van der Waals surface area contributed by atoms with Crippen LogP contribution in [-0.4, -0.2) is 55.8 Å².